The van der Waals surface area contributed by atoms with Gasteiger partial charge in [0.2, 0.25) is 0 Å². The van der Waals surface area contributed by atoms with Crippen molar-refractivity contribution in [3.8, 4) is 6.07 Å². The molecule has 0 saturated heterocycles. The van der Waals surface area contributed by atoms with Crippen LogP contribution in [0.4, 0.5) is 0 Å². The Bertz CT molecular complexity index is 358. The molecule has 2 rings (SSSR count). The van der Waals surface area contributed by atoms with E-state index in [2.05, 4.69) is 30.4 Å². The summed E-state index contributed by atoms with van der Waals surface area (Å²) < 4.78 is 0. The lowest BCUT2D eigenvalue weighted by atomic mass is 9.98. The largest absolute Gasteiger partial charge is 0.198 e. The van der Waals surface area contributed by atoms with Crippen LogP contribution in [0.2, 0.25) is 0 Å². The van der Waals surface area contributed by atoms with Crippen LogP contribution in [0, 0.1) is 11.3 Å². The topological polar surface area (TPSA) is 23.8 Å². The molecule has 0 aliphatic heterocycles. The van der Waals surface area contributed by atoms with Crippen molar-refractivity contribution in [2.45, 2.75) is 12.3 Å². The molecule has 0 radical (unpaired) electrons. The molecule has 0 spiro atoms. The lowest BCUT2D eigenvalue weighted by Crippen LogP contribution is -1.90. The van der Waals surface area contributed by atoms with E-state index in [0.29, 0.717) is 12.3 Å². The fourth-order valence-electron chi connectivity index (χ4n) is 1.60. The Morgan fingerprint density at radius 1 is 1.33 bits per heavy atom. The minimum atomic E-state index is 0.325. The van der Waals surface area contributed by atoms with Crippen LogP contribution in [0.5, 0.6) is 0 Å². The van der Waals surface area contributed by atoms with Gasteiger partial charge >= 0.3 is 0 Å². The highest BCUT2D eigenvalue weighted by atomic mass is 14.3. The Kier molecular flexibility index (Phi) is 1.68. The molecule has 1 unspecified atom stereocenters. The van der Waals surface area contributed by atoms with Gasteiger partial charge in [0, 0.05) is 12.3 Å². The normalized spacial score (nSPS) is 18.8. The van der Waals surface area contributed by atoms with Gasteiger partial charge in [0.25, 0.3) is 0 Å². The average Bonchev–Trinajstić information content (AvgIpc) is 2.50. The van der Waals surface area contributed by atoms with Crippen LogP contribution in [-0.2, 0) is 0 Å². The highest BCUT2D eigenvalue weighted by molar-refractivity contribution is 5.62. The summed E-state index contributed by atoms with van der Waals surface area (Å²) in [5, 5.41) is 8.57. The number of benzene rings is 1. The summed E-state index contributed by atoms with van der Waals surface area (Å²) in [7, 11) is 0. The maximum Gasteiger partial charge on any atom is 0.0631 e. The van der Waals surface area contributed by atoms with E-state index in [0.717, 1.165) is 0 Å². The van der Waals surface area contributed by atoms with E-state index in [4.69, 9.17) is 5.26 Å². The zero-order valence-electron chi connectivity index (χ0n) is 6.70. The van der Waals surface area contributed by atoms with Gasteiger partial charge in [-0.2, -0.15) is 5.26 Å². The van der Waals surface area contributed by atoms with Gasteiger partial charge in [0.1, 0.15) is 0 Å². The molecular weight excluding hydrogens is 146 g/mol. The molecule has 1 aromatic rings. The van der Waals surface area contributed by atoms with E-state index < -0.39 is 0 Å². The van der Waals surface area contributed by atoms with Gasteiger partial charge in [0.05, 0.1) is 6.07 Å². The van der Waals surface area contributed by atoms with Gasteiger partial charge in [-0.05, 0) is 11.1 Å². The van der Waals surface area contributed by atoms with Crippen LogP contribution in [0.15, 0.2) is 30.3 Å². The van der Waals surface area contributed by atoms with Crippen molar-refractivity contribution in [2.75, 3.05) is 0 Å². The maximum atomic E-state index is 8.57. The molecule has 0 fully saturated rings. The summed E-state index contributed by atoms with van der Waals surface area (Å²) in [6, 6.07) is 10.4. The molecule has 0 saturated carbocycles. The average molecular weight is 155 g/mol. The molecule has 1 nitrogen and oxygen atoms in total. The molecular formula is C11H9N. The number of allylic oxidation sites excluding steroid dienone is 1. The third kappa shape index (κ3) is 1.02. The number of nitriles is 1. The highest BCUT2D eigenvalue weighted by Crippen LogP contribution is 2.31. The molecule has 0 bridgehead atoms. The maximum absolute atomic E-state index is 8.57. The Hall–Kier alpha value is -1.55. The molecule has 1 atom stereocenters. The quantitative estimate of drug-likeness (QED) is 0.611. The summed E-state index contributed by atoms with van der Waals surface area (Å²) in [6.07, 6.45) is 4.79. The van der Waals surface area contributed by atoms with Crippen molar-refractivity contribution in [1.82, 2.24) is 0 Å². The Morgan fingerprint density at radius 2 is 2.17 bits per heavy atom. The van der Waals surface area contributed by atoms with E-state index in [1.807, 2.05) is 12.1 Å². The molecule has 0 amide bonds. The Labute approximate surface area is 72.0 Å². The smallest absolute Gasteiger partial charge is 0.0631 e. The molecule has 1 heteroatoms. The summed E-state index contributed by atoms with van der Waals surface area (Å²) in [4.78, 5) is 0. The first-order valence-corrected chi connectivity index (χ1v) is 4.06. The van der Waals surface area contributed by atoms with Gasteiger partial charge in [-0.15, -0.1) is 0 Å². The first-order chi connectivity index (χ1) is 5.92. The van der Waals surface area contributed by atoms with Crippen molar-refractivity contribution < 1.29 is 0 Å². The zero-order chi connectivity index (χ0) is 8.39. The van der Waals surface area contributed by atoms with Gasteiger partial charge in [-0.1, -0.05) is 36.4 Å². The summed E-state index contributed by atoms with van der Waals surface area (Å²) in [5.41, 5.74) is 2.55. The van der Waals surface area contributed by atoms with Crippen molar-refractivity contribution in [3.05, 3.63) is 41.5 Å². The first-order valence-electron chi connectivity index (χ1n) is 4.06. The van der Waals surface area contributed by atoms with E-state index in [-0.39, 0.29) is 0 Å². The summed E-state index contributed by atoms with van der Waals surface area (Å²) in [6.45, 7) is 0. The van der Waals surface area contributed by atoms with Crippen LogP contribution < -0.4 is 0 Å². The molecule has 12 heavy (non-hydrogen) atoms. The van der Waals surface area contributed by atoms with E-state index in [1.54, 1.807) is 0 Å². The molecule has 58 valence electrons. The molecule has 1 aromatic carbocycles. The lowest BCUT2D eigenvalue weighted by Gasteiger charge is -2.04. The van der Waals surface area contributed by atoms with Crippen molar-refractivity contribution in [2.24, 2.45) is 0 Å². The lowest BCUT2D eigenvalue weighted by molar-refractivity contribution is 0.889. The van der Waals surface area contributed by atoms with E-state index in [1.165, 1.54) is 11.1 Å². The number of fused-ring (bicyclic) bond motifs is 1. The predicted molar refractivity (Wildman–Crippen MR) is 48.4 cm³/mol. The van der Waals surface area contributed by atoms with E-state index in [9.17, 15) is 0 Å². The molecule has 1 aliphatic carbocycles. The summed E-state index contributed by atoms with van der Waals surface area (Å²) >= 11 is 0. The van der Waals surface area contributed by atoms with Crippen LogP contribution in [0.3, 0.4) is 0 Å². The van der Waals surface area contributed by atoms with Gasteiger partial charge in [-0.3, -0.25) is 0 Å². The minimum absolute atomic E-state index is 0.325. The monoisotopic (exact) mass is 155 g/mol. The number of nitrogens with zero attached hydrogens (tertiary/aromatic N) is 1. The van der Waals surface area contributed by atoms with Crippen LogP contribution >= 0.6 is 0 Å². The second-order valence-electron chi connectivity index (χ2n) is 2.96. The van der Waals surface area contributed by atoms with Gasteiger partial charge < -0.3 is 0 Å². The predicted octanol–water partition coefficient (Wildman–Crippen LogP) is 2.71. The van der Waals surface area contributed by atoms with E-state index >= 15 is 0 Å². The Morgan fingerprint density at radius 3 is 3.00 bits per heavy atom. The van der Waals surface area contributed by atoms with Crippen LogP contribution in [0.1, 0.15) is 23.5 Å². The first kappa shape index (κ1) is 7.12. The fourth-order valence-corrected chi connectivity index (χ4v) is 1.60. The zero-order valence-corrected chi connectivity index (χ0v) is 6.70. The second kappa shape index (κ2) is 2.83. The molecule has 0 aromatic heterocycles. The van der Waals surface area contributed by atoms with Crippen LogP contribution in [-0.4, -0.2) is 0 Å². The van der Waals surface area contributed by atoms with Crippen molar-refractivity contribution in [1.29, 1.82) is 5.26 Å². The van der Waals surface area contributed by atoms with Crippen molar-refractivity contribution in [3.63, 3.8) is 0 Å². The van der Waals surface area contributed by atoms with Crippen molar-refractivity contribution >= 4 is 6.08 Å². The highest BCUT2D eigenvalue weighted by Gasteiger charge is 2.15. The molecule has 0 N–H and O–H groups in total. The van der Waals surface area contributed by atoms with Crippen LogP contribution in [0.25, 0.3) is 6.08 Å². The second-order valence-corrected chi connectivity index (χ2v) is 2.96. The molecule has 0 heterocycles. The van der Waals surface area contributed by atoms with Gasteiger partial charge in [-0.25, -0.2) is 0 Å². The third-order valence-corrected chi connectivity index (χ3v) is 2.21. The minimum Gasteiger partial charge on any atom is -0.198 e. The number of hydrogen-bond donors (Lipinski definition) is 0. The molecule has 1 aliphatic rings. The Balaban J connectivity index is 2.37. The standard InChI is InChI=1S/C11H9N/c12-8-7-10-6-5-9-3-1-2-4-11(9)10/h1-6,10H,7H2. The number of hydrogen-bond acceptors (Lipinski definition) is 1. The fraction of sp³-hybridized carbons (Fsp3) is 0.182. The summed E-state index contributed by atoms with van der Waals surface area (Å²) in [5.74, 6) is 0.325. The third-order valence-electron chi connectivity index (χ3n) is 2.21. The SMILES string of the molecule is N#CCC1C=Cc2ccccc21. The number of rotatable bonds is 1. The van der Waals surface area contributed by atoms with Gasteiger partial charge in [0.15, 0.2) is 0 Å².